The van der Waals surface area contributed by atoms with Gasteiger partial charge in [-0.1, -0.05) is 29.8 Å². The van der Waals surface area contributed by atoms with E-state index in [1.54, 1.807) is 42.5 Å². The lowest BCUT2D eigenvalue weighted by Crippen LogP contribution is -2.30. The van der Waals surface area contributed by atoms with Crippen molar-refractivity contribution in [3.05, 3.63) is 68.8 Å². The van der Waals surface area contributed by atoms with Gasteiger partial charge in [0.05, 0.1) is 11.0 Å². The minimum Gasteiger partial charge on any atom is -0.481 e. The maximum absolute atomic E-state index is 12.6. The number of rotatable bonds is 6. The Morgan fingerprint density at radius 2 is 1.93 bits per heavy atom. The lowest BCUT2D eigenvalue weighted by Gasteiger charge is -2.11. The Hall–Kier alpha value is -2.84. The second-order valence-electron chi connectivity index (χ2n) is 5.88. The largest absolute Gasteiger partial charge is 0.481 e. The number of carbonyl (C=O) groups excluding carboxylic acids is 2. The summed E-state index contributed by atoms with van der Waals surface area (Å²) in [7, 11) is 0. The second-order valence-corrected chi connectivity index (χ2v) is 7.17. The van der Waals surface area contributed by atoms with Gasteiger partial charge in [-0.05, 0) is 57.4 Å². The van der Waals surface area contributed by atoms with Gasteiger partial charge in [-0.2, -0.15) is 0 Å². The average molecular weight is 466 g/mol. The van der Waals surface area contributed by atoms with E-state index < -0.39 is 24.5 Å². The molecule has 0 saturated carbocycles. The number of amides is 3. The Balaban J connectivity index is 1.75. The number of carbonyl (C=O) groups is 3. The monoisotopic (exact) mass is 464 g/mol. The van der Waals surface area contributed by atoms with E-state index in [2.05, 4.69) is 21.2 Å². The fourth-order valence-corrected chi connectivity index (χ4v) is 3.15. The first kappa shape index (κ1) is 19.9. The zero-order valence-corrected chi connectivity index (χ0v) is 16.7. The Kier molecular flexibility index (Phi) is 6.01. The van der Waals surface area contributed by atoms with Gasteiger partial charge in [-0.15, -0.1) is 0 Å². The molecule has 3 amide bonds. The van der Waals surface area contributed by atoms with Crippen LogP contribution in [0.4, 0.5) is 4.79 Å². The molecule has 0 aliphatic carbocycles. The zero-order valence-electron chi connectivity index (χ0n) is 14.3. The zero-order chi connectivity index (χ0) is 20.3. The van der Waals surface area contributed by atoms with E-state index in [-0.39, 0.29) is 12.2 Å². The second kappa shape index (κ2) is 8.45. The first-order valence-electron chi connectivity index (χ1n) is 8.06. The van der Waals surface area contributed by atoms with Gasteiger partial charge in [0.1, 0.15) is 11.4 Å². The van der Waals surface area contributed by atoms with Gasteiger partial charge >= 0.3 is 12.0 Å². The molecule has 0 unspecified atom stereocenters. The van der Waals surface area contributed by atoms with E-state index in [9.17, 15) is 14.4 Å². The quantitative estimate of drug-likeness (QED) is 0.501. The van der Waals surface area contributed by atoms with E-state index >= 15 is 0 Å². The fourth-order valence-electron chi connectivity index (χ4n) is 2.52. The van der Waals surface area contributed by atoms with Crippen LogP contribution in [0, 0.1) is 0 Å². The molecule has 7 nitrogen and oxygen atoms in total. The third kappa shape index (κ3) is 4.71. The number of urea groups is 1. The summed E-state index contributed by atoms with van der Waals surface area (Å²) in [5.41, 5.74) is 1.55. The highest BCUT2D eigenvalue weighted by molar-refractivity contribution is 9.10. The van der Waals surface area contributed by atoms with Crippen LogP contribution in [0.15, 0.2) is 52.6 Å². The molecule has 0 aromatic heterocycles. The predicted molar refractivity (Wildman–Crippen MR) is 106 cm³/mol. The first-order valence-corrected chi connectivity index (χ1v) is 9.24. The van der Waals surface area contributed by atoms with Crippen LogP contribution in [0.2, 0.25) is 5.02 Å². The number of hydrogen-bond acceptors (Lipinski definition) is 4. The fraction of sp³-hybridized carbons (Fsp3) is 0.105. The van der Waals surface area contributed by atoms with Crippen LogP contribution in [-0.2, 0) is 16.1 Å². The smallest absolute Gasteiger partial charge is 0.341 e. The number of nitrogens with one attached hydrogen (secondary N) is 1. The van der Waals surface area contributed by atoms with E-state index in [1.165, 1.54) is 6.08 Å². The normalized spacial score (nSPS) is 15.1. The molecule has 0 spiro atoms. The molecule has 28 heavy (non-hydrogen) atoms. The van der Waals surface area contributed by atoms with E-state index in [0.29, 0.717) is 20.8 Å². The molecular weight excluding hydrogens is 452 g/mol. The topological polar surface area (TPSA) is 95.9 Å². The molecule has 0 bridgehead atoms. The molecular formula is C19H14BrClN2O5. The molecule has 1 saturated heterocycles. The van der Waals surface area contributed by atoms with E-state index in [0.717, 1.165) is 10.5 Å². The van der Waals surface area contributed by atoms with Crippen molar-refractivity contribution in [1.29, 1.82) is 0 Å². The molecule has 2 aromatic rings. The minimum absolute atomic E-state index is 0.130. The van der Waals surface area contributed by atoms with E-state index in [1.807, 2.05) is 0 Å². The predicted octanol–water partition coefficient (Wildman–Crippen LogP) is 3.66. The van der Waals surface area contributed by atoms with Crippen molar-refractivity contribution in [2.24, 2.45) is 0 Å². The summed E-state index contributed by atoms with van der Waals surface area (Å²) in [5.74, 6) is -1.17. The van der Waals surface area contributed by atoms with Crippen LogP contribution in [0.5, 0.6) is 5.75 Å². The molecule has 2 aromatic carbocycles. The molecule has 1 heterocycles. The SMILES string of the molecule is O=C(O)COc1ccc(/C=C2\NC(=O)N(Cc3ccc(Cl)cc3)C2=O)cc1Br. The van der Waals surface area contributed by atoms with Gasteiger partial charge in [0, 0.05) is 5.02 Å². The van der Waals surface area contributed by atoms with Crippen molar-refractivity contribution in [2.75, 3.05) is 6.61 Å². The van der Waals surface area contributed by atoms with Gasteiger partial charge in [0.15, 0.2) is 6.61 Å². The summed E-state index contributed by atoms with van der Waals surface area (Å²) in [4.78, 5) is 36.4. The van der Waals surface area contributed by atoms with Crippen molar-refractivity contribution in [3.63, 3.8) is 0 Å². The van der Waals surface area contributed by atoms with Gasteiger partial charge < -0.3 is 15.2 Å². The lowest BCUT2D eigenvalue weighted by molar-refractivity contribution is -0.139. The summed E-state index contributed by atoms with van der Waals surface area (Å²) in [5, 5.41) is 11.8. The third-order valence-corrected chi connectivity index (χ3v) is 4.71. The van der Waals surface area contributed by atoms with E-state index in [4.69, 9.17) is 21.4 Å². The van der Waals surface area contributed by atoms with Gasteiger partial charge in [-0.3, -0.25) is 9.69 Å². The minimum atomic E-state index is -1.09. The highest BCUT2D eigenvalue weighted by Crippen LogP contribution is 2.27. The molecule has 144 valence electrons. The van der Waals surface area contributed by atoms with Crippen LogP contribution >= 0.6 is 27.5 Å². The number of ether oxygens (including phenoxy) is 1. The van der Waals surface area contributed by atoms with Crippen LogP contribution < -0.4 is 10.1 Å². The highest BCUT2D eigenvalue weighted by atomic mass is 79.9. The Morgan fingerprint density at radius 1 is 1.21 bits per heavy atom. The molecule has 1 aliphatic rings. The van der Waals surface area contributed by atoms with Crippen LogP contribution in [0.1, 0.15) is 11.1 Å². The number of aliphatic carboxylic acids is 1. The molecule has 3 rings (SSSR count). The van der Waals surface area contributed by atoms with Gasteiger partial charge in [0.2, 0.25) is 0 Å². The number of halogens is 2. The molecule has 0 radical (unpaired) electrons. The standard InChI is InChI=1S/C19H14BrClN2O5/c20-14-7-12(3-6-16(14)28-10-17(24)25)8-15-18(26)23(19(27)22-15)9-11-1-4-13(21)5-2-11/h1-8H,9-10H2,(H,22,27)(H,24,25)/b15-8-. The number of benzene rings is 2. The number of carboxylic acid groups (broad SMARTS) is 1. The number of imide groups is 1. The number of hydrogen-bond donors (Lipinski definition) is 2. The van der Waals surface area contributed by atoms with Crippen LogP contribution in [0.25, 0.3) is 6.08 Å². The number of nitrogens with zero attached hydrogens (tertiary/aromatic N) is 1. The highest BCUT2D eigenvalue weighted by Gasteiger charge is 2.33. The van der Waals surface area contributed by atoms with Gasteiger partial charge in [-0.25, -0.2) is 9.59 Å². The average Bonchev–Trinajstić information content (AvgIpc) is 2.90. The first-order chi connectivity index (χ1) is 13.3. The third-order valence-electron chi connectivity index (χ3n) is 3.83. The van der Waals surface area contributed by atoms with Crippen molar-refractivity contribution in [3.8, 4) is 5.75 Å². The summed E-state index contributed by atoms with van der Waals surface area (Å²) in [6.07, 6.45) is 1.54. The summed E-state index contributed by atoms with van der Waals surface area (Å²) >= 11 is 9.14. The maximum atomic E-state index is 12.6. The Morgan fingerprint density at radius 3 is 2.57 bits per heavy atom. The Labute approximate surface area is 173 Å². The van der Waals surface area contributed by atoms with Crippen LogP contribution in [-0.4, -0.2) is 34.5 Å². The van der Waals surface area contributed by atoms with Crippen molar-refractivity contribution in [2.45, 2.75) is 6.54 Å². The summed E-state index contributed by atoms with van der Waals surface area (Å²) < 4.78 is 5.66. The van der Waals surface area contributed by atoms with Gasteiger partial charge in [0.25, 0.3) is 5.91 Å². The van der Waals surface area contributed by atoms with Crippen molar-refractivity contribution >= 4 is 51.5 Å². The molecule has 1 fully saturated rings. The summed E-state index contributed by atoms with van der Waals surface area (Å²) in [6.45, 7) is -0.335. The lowest BCUT2D eigenvalue weighted by atomic mass is 10.1. The Bertz CT molecular complexity index is 975. The van der Waals surface area contributed by atoms with Crippen LogP contribution in [0.3, 0.4) is 0 Å². The maximum Gasteiger partial charge on any atom is 0.341 e. The van der Waals surface area contributed by atoms with Crippen molar-refractivity contribution < 1.29 is 24.2 Å². The summed E-state index contributed by atoms with van der Waals surface area (Å²) in [6, 6.07) is 11.3. The van der Waals surface area contributed by atoms with Crippen molar-refractivity contribution in [1.82, 2.24) is 10.2 Å². The molecule has 9 heteroatoms. The molecule has 1 aliphatic heterocycles. The number of carboxylic acids is 1. The molecule has 2 N–H and O–H groups in total. The molecule has 0 atom stereocenters.